The van der Waals surface area contributed by atoms with E-state index in [-0.39, 0.29) is 10.9 Å². The van der Waals surface area contributed by atoms with E-state index in [4.69, 9.17) is 26.4 Å². The Balaban J connectivity index is 1.56. The molecule has 0 radical (unpaired) electrons. The molecule has 38 heavy (non-hydrogen) atoms. The number of nitrogens with one attached hydrogen (secondary N) is 2. The van der Waals surface area contributed by atoms with Gasteiger partial charge in [0.25, 0.3) is 5.91 Å². The van der Waals surface area contributed by atoms with Gasteiger partial charge in [-0.05, 0) is 81.9 Å². The first kappa shape index (κ1) is 27.2. The number of thiazole rings is 1. The molecule has 3 aromatic carbocycles. The fraction of sp³-hybridized carbons (Fsp3) is 0.250. The second kappa shape index (κ2) is 12.1. The summed E-state index contributed by atoms with van der Waals surface area (Å²) in [5.74, 6) is 0.994. The van der Waals surface area contributed by atoms with Crippen LogP contribution in [0.2, 0.25) is 0 Å². The third-order valence-corrected chi connectivity index (χ3v) is 6.75. The van der Waals surface area contributed by atoms with E-state index < -0.39 is 5.91 Å². The predicted molar refractivity (Wildman–Crippen MR) is 155 cm³/mol. The van der Waals surface area contributed by atoms with Crippen molar-refractivity contribution in [3.05, 3.63) is 59.7 Å². The van der Waals surface area contributed by atoms with Crippen molar-refractivity contribution in [2.45, 2.75) is 27.7 Å². The highest BCUT2D eigenvalue weighted by atomic mass is 32.1. The van der Waals surface area contributed by atoms with Crippen molar-refractivity contribution < 1.29 is 24.1 Å². The quantitative estimate of drug-likeness (QED) is 0.165. The number of benzene rings is 3. The van der Waals surface area contributed by atoms with E-state index in [0.29, 0.717) is 64.5 Å². The number of thiocarbonyl (C=S) groups is 1. The van der Waals surface area contributed by atoms with Crippen molar-refractivity contribution in [1.29, 1.82) is 0 Å². The van der Waals surface area contributed by atoms with Crippen LogP contribution in [0.15, 0.2) is 48.5 Å². The number of carbonyl (C=O) groups is 1. The summed E-state index contributed by atoms with van der Waals surface area (Å²) in [5.41, 5.74) is 3.00. The maximum absolute atomic E-state index is 13.1. The SMILES string of the molecule is CCOc1cc(C(=O)NC(=S)Nc2cc(C)c(O)c(-c3nc4ccccc4s3)c2)cc(OCC)c1OCC. The number of hydrogen-bond acceptors (Lipinski definition) is 8. The van der Waals surface area contributed by atoms with Crippen molar-refractivity contribution in [3.63, 3.8) is 0 Å². The summed E-state index contributed by atoms with van der Waals surface area (Å²) < 4.78 is 18.1. The second-order valence-electron chi connectivity index (χ2n) is 8.18. The molecule has 0 saturated heterocycles. The van der Waals surface area contributed by atoms with Gasteiger partial charge >= 0.3 is 0 Å². The first-order valence-corrected chi connectivity index (χ1v) is 13.4. The van der Waals surface area contributed by atoms with Gasteiger partial charge in [0.1, 0.15) is 10.8 Å². The number of para-hydroxylation sites is 1. The van der Waals surface area contributed by atoms with E-state index in [9.17, 15) is 9.90 Å². The molecule has 1 heterocycles. The number of ether oxygens (including phenoxy) is 3. The third-order valence-electron chi connectivity index (χ3n) is 5.48. The van der Waals surface area contributed by atoms with E-state index in [2.05, 4.69) is 15.6 Å². The first-order valence-electron chi connectivity index (χ1n) is 12.2. The molecule has 3 N–H and O–H groups in total. The number of nitrogens with zero attached hydrogens (tertiary/aromatic N) is 1. The lowest BCUT2D eigenvalue weighted by molar-refractivity contribution is 0.0976. The van der Waals surface area contributed by atoms with Crippen LogP contribution < -0.4 is 24.8 Å². The Labute approximate surface area is 230 Å². The Kier molecular flexibility index (Phi) is 8.65. The minimum Gasteiger partial charge on any atom is -0.507 e. The number of aromatic hydroxyl groups is 1. The Morgan fingerprint density at radius 3 is 2.29 bits per heavy atom. The van der Waals surface area contributed by atoms with E-state index in [1.807, 2.05) is 45.0 Å². The van der Waals surface area contributed by atoms with Crippen LogP contribution >= 0.6 is 23.6 Å². The molecule has 0 fully saturated rings. The van der Waals surface area contributed by atoms with Gasteiger partial charge in [0.05, 0.1) is 35.6 Å². The lowest BCUT2D eigenvalue weighted by Gasteiger charge is -2.17. The standard InChI is InChI=1S/C28H29N3O5S2/c1-5-34-21-13-17(14-22(35-6-2)25(21)36-7-3)26(33)31-28(37)29-18-12-16(4)24(32)19(15-18)27-30-20-10-8-9-11-23(20)38-27/h8-15,32H,5-7H2,1-4H3,(H2,29,31,33,37). The summed E-state index contributed by atoms with van der Waals surface area (Å²) in [6.45, 7) is 8.58. The zero-order valence-electron chi connectivity index (χ0n) is 21.6. The largest absolute Gasteiger partial charge is 0.507 e. The van der Waals surface area contributed by atoms with E-state index in [1.165, 1.54) is 11.3 Å². The molecule has 0 aliphatic rings. The molecule has 10 heteroatoms. The maximum atomic E-state index is 13.1. The monoisotopic (exact) mass is 551 g/mol. The number of carbonyl (C=O) groups excluding carboxylic acids is 1. The van der Waals surface area contributed by atoms with E-state index >= 15 is 0 Å². The second-order valence-corrected chi connectivity index (χ2v) is 9.62. The normalized spacial score (nSPS) is 10.7. The van der Waals surface area contributed by atoms with Crippen LogP contribution in [0.4, 0.5) is 5.69 Å². The third kappa shape index (κ3) is 5.98. The molecule has 1 aromatic heterocycles. The molecule has 0 unspecified atom stereocenters. The van der Waals surface area contributed by atoms with Crippen molar-refractivity contribution in [2.75, 3.05) is 25.1 Å². The predicted octanol–water partition coefficient (Wildman–Crippen LogP) is 6.30. The molecule has 0 saturated carbocycles. The number of amides is 1. The molecule has 0 bridgehead atoms. The van der Waals surface area contributed by atoms with Crippen LogP contribution in [0.3, 0.4) is 0 Å². The van der Waals surface area contributed by atoms with Gasteiger partial charge in [-0.1, -0.05) is 12.1 Å². The fourth-order valence-electron chi connectivity index (χ4n) is 3.86. The number of phenols is 1. The molecule has 1 amide bonds. The Morgan fingerprint density at radius 1 is 1.00 bits per heavy atom. The van der Waals surface area contributed by atoms with Crippen LogP contribution in [0.25, 0.3) is 20.8 Å². The average molecular weight is 552 g/mol. The zero-order chi connectivity index (χ0) is 27.2. The minimum absolute atomic E-state index is 0.0974. The number of hydrogen-bond donors (Lipinski definition) is 3. The molecule has 8 nitrogen and oxygen atoms in total. The van der Waals surface area contributed by atoms with Crippen LogP contribution in [0.1, 0.15) is 36.7 Å². The highest BCUT2D eigenvalue weighted by Crippen LogP contribution is 2.40. The molecular formula is C28H29N3O5S2. The summed E-state index contributed by atoms with van der Waals surface area (Å²) >= 11 is 6.92. The number of aryl methyl sites for hydroxylation is 1. The number of anilines is 1. The van der Waals surface area contributed by atoms with E-state index in [0.717, 1.165) is 10.2 Å². The summed E-state index contributed by atoms with van der Waals surface area (Å²) in [5, 5.41) is 17.3. The molecule has 0 atom stereocenters. The molecule has 4 rings (SSSR count). The summed E-state index contributed by atoms with van der Waals surface area (Å²) in [6, 6.07) is 14.5. The Hall–Kier alpha value is -3.89. The van der Waals surface area contributed by atoms with Gasteiger partial charge in [0.2, 0.25) is 5.75 Å². The number of aromatic nitrogens is 1. The topological polar surface area (TPSA) is 102 Å². The first-order chi connectivity index (χ1) is 18.3. The van der Waals surface area contributed by atoms with Crippen LogP contribution in [-0.4, -0.2) is 40.9 Å². The number of fused-ring (bicyclic) bond motifs is 1. The van der Waals surface area contributed by atoms with E-state index in [1.54, 1.807) is 31.2 Å². The van der Waals surface area contributed by atoms with Gasteiger partial charge in [0.15, 0.2) is 16.6 Å². The van der Waals surface area contributed by atoms with Crippen LogP contribution in [0.5, 0.6) is 23.0 Å². The zero-order valence-corrected chi connectivity index (χ0v) is 23.2. The number of phenolic OH excluding ortho intramolecular Hbond substituents is 1. The highest BCUT2D eigenvalue weighted by Gasteiger charge is 2.20. The molecule has 4 aromatic rings. The van der Waals surface area contributed by atoms with Crippen molar-refractivity contribution in [2.24, 2.45) is 0 Å². The summed E-state index contributed by atoms with van der Waals surface area (Å²) in [6.07, 6.45) is 0. The molecule has 0 spiro atoms. The summed E-state index contributed by atoms with van der Waals surface area (Å²) in [7, 11) is 0. The fourth-order valence-corrected chi connectivity index (χ4v) is 5.05. The van der Waals surface area contributed by atoms with Crippen LogP contribution in [0, 0.1) is 6.92 Å². The van der Waals surface area contributed by atoms with Gasteiger partial charge in [-0.2, -0.15) is 0 Å². The minimum atomic E-state index is -0.436. The van der Waals surface area contributed by atoms with Gasteiger partial charge in [-0.25, -0.2) is 4.98 Å². The number of rotatable bonds is 9. The Bertz CT molecular complexity index is 1420. The Morgan fingerprint density at radius 2 is 1.66 bits per heavy atom. The average Bonchev–Trinajstić information content (AvgIpc) is 3.32. The smallest absolute Gasteiger partial charge is 0.257 e. The maximum Gasteiger partial charge on any atom is 0.257 e. The lowest BCUT2D eigenvalue weighted by Crippen LogP contribution is -2.34. The van der Waals surface area contributed by atoms with Gasteiger partial charge < -0.3 is 24.6 Å². The lowest BCUT2D eigenvalue weighted by atomic mass is 10.1. The van der Waals surface area contributed by atoms with Gasteiger partial charge in [0, 0.05) is 11.3 Å². The summed E-state index contributed by atoms with van der Waals surface area (Å²) in [4.78, 5) is 17.8. The van der Waals surface area contributed by atoms with Crippen molar-refractivity contribution in [3.8, 4) is 33.6 Å². The van der Waals surface area contributed by atoms with Gasteiger partial charge in [-0.3, -0.25) is 10.1 Å². The molecule has 198 valence electrons. The van der Waals surface area contributed by atoms with Crippen LogP contribution in [-0.2, 0) is 0 Å². The van der Waals surface area contributed by atoms with Gasteiger partial charge in [-0.15, -0.1) is 11.3 Å². The molecule has 0 aliphatic heterocycles. The molecular weight excluding hydrogens is 522 g/mol. The highest BCUT2D eigenvalue weighted by molar-refractivity contribution is 7.80. The van der Waals surface area contributed by atoms with Crippen molar-refractivity contribution >= 4 is 50.5 Å². The van der Waals surface area contributed by atoms with Crippen molar-refractivity contribution in [1.82, 2.24) is 10.3 Å². The molecule has 0 aliphatic carbocycles.